The predicted molar refractivity (Wildman–Crippen MR) is 139 cm³/mol. The average Bonchev–Trinajstić information content (AvgIpc) is 3.06. The average molecular weight is 503 g/mol. The van der Waals surface area contributed by atoms with Crippen LogP contribution >= 0.6 is 0 Å². The molecule has 3 aromatic carbocycles. The first-order valence-electron chi connectivity index (χ1n) is 11.9. The third kappa shape index (κ3) is 5.32. The van der Waals surface area contributed by atoms with Crippen LogP contribution in [0.4, 0.5) is 0 Å². The Balaban J connectivity index is 1.70. The van der Waals surface area contributed by atoms with Crippen LogP contribution in [0.25, 0.3) is 5.70 Å². The Morgan fingerprint density at radius 3 is 2.00 bits per heavy atom. The summed E-state index contributed by atoms with van der Waals surface area (Å²) in [6.07, 6.45) is 3.22. The summed E-state index contributed by atoms with van der Waals surface area (Å²) in [5.74, 6) is 0.270. The van der Waals surface area contributed by atoms with Gasteiger partial charge in [-0.1, -0.05) is 0 Å². The van der Waals surface area contributed by atoms with Gasteiger partial charge in [0.05, 0.1) is 0 Å². The molecule has 0 N–H and O–H groups in total. The number of rotatable bonds is 10. The van der Waals surface area contributed by atoms with Gasteiger partial charge in [-0.25, -0.2) is 0 Å². The van der Waals surface area contributed by atoms with Gasteiger partial charge in [0.2, 0.25) is 0 Å². The molecule has 4 rings (SSSR count). The van der Waals surface area contributed by atoms with E-state index >= 15 is 0 Å². The normalized spacial score (nSPS) is 18.2. The van der Waals surface area contributed by atoms with Crippen molar-refractivity contribution in [3.8, 4) is 0 Å². The molecule has 0 spiro atoms. The Hall–Kier alpha value is -2.61. The van der Waals surface area contributed by atoms with Crippen molar-refractivity contribution in [2.75, 3.05) is 0 Å². The number of hydrogen-bond donors (Lipinski definition) is 0. The van der Waals surface area contributed by atoms with E-state index in [4.69, 9.17) is 0 Å². The molecule has 0 saturated heterocycles. The molecule has 0 radical (unpaired) electrons. The molecule has 0 aliphatic carbocycles. The predicted octanol–water partition coefficient (Wildman–Crippen LogP) is 6.96. The van der Waals surface area contributed by atoms with Gasteiger partial charge in [-0.05, 0) is 0 Å². The molecule has 1 amide bonds. The maximum absolute atomic E-state index is 14.1. The second-order valence-corrected chi connectivity index (χ2v) is 11.1. The van der Waals surface area contributed by atoms with Crippen molar-refractivity contribution < 1.29 is 4.79 Å². The molecule has 3 heteroatoms. The molecule has 0 saturated carbocycles. The molecule has 0 fully saturated rings. The summed E-state index contributed by atoms with van der Waals surface area (Å²) in [6.45, 7) is 5.07. The first-order valence-corrected chi connectivity index (χ1v) is 14.3. The van der Waals surface area contributed by atoms with Crippen LogP contribution in [-0.2, 0) is 16.7 Å². The van der Waals surface area contributed by atoms with Crippen LogP contribution in [0.5, 0.6) is 0 Å². The van der Waals surface area contributed by atoms with Gasteiger partial charge in [0.25, 0.3) is 0 Å². The van der Waals surface area contributed by atoms with Crippen LogP contribution in [0, 0.1) is 5.41 Å². The van der Waals surface area contributed by atoms with E-state index < -0.39 is 5.41 Å². The maximum atomic E-state index is 14.1. The molecule has 33 heavy (non-hydrogen) atoms. The summed E-state index contributed by atoms with van der Waals surface area (Å²) in [7, 11) is 0. The van der Waals surface area contributed by atoms with E-state index in [1.807, 2.05) is 6.07 Å². The number of carbonyl (C=O) groups excluding carboxylic acids is 1. The number of benzene rings is 3. The van der Waals surface area contributed by atoms with Crippen LogP contribution in [0.2, 0.25) is 5.32 Å². The van der Waals surface area contributed by atoms with Gasteiger partial charge in [0, 0.05) is 0 Å². The van der Waals surface area contributed by atoms with E-state index in [2.05, 4.69) is 104 Å². The van der Waals surface area contributed by atoms with Gasteiger partial charge in [-0.3, -0.25) is 0 Å². The fraction of sp³-hybridized carbons (Fsp3) is 0.300. The minimum absolute atomic E-state index is 0.270. The van der Waals surface area contributed by atoms with Gasteiger partial charge in [-0.15, -0.1) is 0 Å². The van der Waals surface area contributed by atoms with Gasteiger partial charge in [-0.2, -0.15) is 0 Å². The second-order valence-electron chi connectivity index (χ2n) is 8.98. The Labute approximate surface area is 204 Å². The molecule has 1 atom stereocenters. The molecule has 1 aliphatic heterocycles. The van der Waals surface area contributed by atoms with E-state index in [0.717, 1.165) is 41.2 Å². The fourth-order valence-electron chi connectivity index (χ4n) is 4.64. The Bertz CT molecular complexity index is 1080. The molecule has 1 aliphatic rings. The van der Waals surface area contributed by atoms with Gasteiger partial charge in [0.15, 0.2) is 0 Å². The van der Waals surface area contributed by atoms with Crippen LogP contribution in [0.1, 0.15) is 49.8 Å². The summed E-state index contributed by atoms with van der Waals surface area (Å²) >= 11 is 0.355. The number of carbonyl (C=O) groups is 1. The van der Waals surface area contributed by atoms with E-state index in [0.29, 0.717) is 21.5 Å². The number of nitrogens with zero attached hydrogens (tertiary/aromatic N) is 1. The zero-order valence-corrected chi connectivity index (χ0v) is 21.4. The van der Waals surface area contributed by atoms with Crippen molar-refractivity contribution in [2.24, 2.45) is 5.41 Å². The molecule has 1 heterocycles. The van der Waals surface area contributed by atoms with Crippen molar-refractivity contribution in [1.29, 1.82) is 0 Å². The third-order valence-corrected chi connectivity index (χ3v) is 9.22. The molecule has 170 valence electrons. The molecular formula is C30H33NOSe. The second kappa shape index (κ2) is 11.0. The summed E-state index contributed by atoms with van der Waals surface area (Å²) in [5, 5.41) is 2.01. The number of amides is 1. The number of unbranched alkanes of at least 4 members (excludes halogenated alkanes) is 1. The van der Waals surface area contributed by atoms with Gasteiger partial charge < -0.3 is 0 Å². The Kier molecular flexibility index (Phi) is 7.85. The van der Waals surface area contributed by atoms with Crippen LogP contribution in [0.3, 0.4) is 0 Å². The molecule has 0 aromatic heterocycles. The van der Waals surface area contributed by atoms with Crippen molar-refractivity contribution in [3.05, 3.63) is 113 Å². The number of hydrogen-bond acceptors (Lipinski definition) is 1. The van der Waals surface area contributed by atoms with Crippen LogP contribution in [0.15, 0.2) is 96.6 Å². The van der Waals surface area contributed by atoms with Crippen molar-refractivity contribution in [1.82, 2.24) is 4.90 Å². The van der Waals surface area contributed by atoms with Crippen LogP contribution < -0.4 is 0 Å². The van der Waals surface area contributed by atoms with E-state index in [-0.39, 0.29) is 5.91 Å². The monoisotopic (exact) mass is 503 g/mol. The first-order chi connectivity index (χ1) is 16.1. The molecule has 0 bridgehead atoms. The molecular weight excluding hydrogens is 469 g/mol. The Morgan fingerprint density at radius 2 is 1.39 bits per heavy atom. The zero-order chi connectivity index (χ0) is 23.1. The van der Waals surface area contributed by atoms with Crippen molar-refractivity contribution in [2.45, 2.75) is 50.3 Å². The summed E-state index contributed by atoms with van der Waals surface area (Å²) in [4.78, 5) is 16.2. The SMILES string of the molecule is CCCCC1=C(c2ccccc2)N(Cc2ccccc2)C(=O)C1(C)C[Se]Cc1ccccc1. The van der Waals surface area contributed by atoms with Crippen molar-refractivity contribution in [3.63, 3.8) is 0 Å². The molecule has 1 unspecified atom stereocenters. The van der Waals surface area contributed by atoms with E-state index in [9.17, 15) is 4.79 Å². The third-order valence-electron chi connectivity index (χ3n) is 6.45. The minimum atomic E-state index is -0.427. The quantitative estimate of drug-likeness (QED) is 0.275. The summed E-state index contributed by atoms with van der Waals surface area (Å²) in [6, 6.07) is 31.6. The summed E-state index contributed by atoms with van der Waals surface area (Å²) < 4.78 is 0. The topological polar surface area (TPSA) is 20.3 Å². The van der Waals surface area contributed by atoms with E-state index in [1.165, 1.54) is 16.7 Å². The Morgan fingerprint density at radius 1 is 0.818 bits per heavy atom. The van der Waals surface area contributed by atoms with Crippen LogP contribution in [-0.4, -0.2) is 25.8 Å². The van der Waals surface area contributed by atoms with Gasteiger partial charge in [0.1, 0.15) is 0 Å². The summed E-state index contributed by atoms with van der Waals surface area (Å²) in [5.41, 5.74) is 5.77. The standard InChI is InChI=1S/C30H33NOSe/c1-3-4-20-27-28(26-18-12-7-13-19-26)31(21-24-14-8-5-9-15-24)29(32)30(27,2)23-33-22-25-16-10-6-11-17-25/h5-19H,3-4,20-23H2,1-2H3. The zero-order valence-electron chi connectivity index (χ0n) is 19.7. The first kappa shape index (κ1) is 23.5. The van der Waals surface area contributed by atoms with Gasteiger partial charge >= 0.3 is 205 Å². The van der Waals surface area contributed by atoms with E-state index in [1.54, 1.807) is 0 Å². The van der Waals surface area contributed by atoms with Crippen molar-refractivity contribution >= 4 is 26.6 Å². The fourth-order valence-corrected chi connectivity index (χ4v) is 7.23. The molecule has 3 aromatic rings. The molecule has 2 nitrogen and oxygen atoms in total.